The van der Waals surface area contributed by atoms with Gasteiger partial charge in [0.15, 0.2) is 0 Å². The monoisotopic (exact) mass is 307 g/mol. The SMILES string of the molecule is [CH](c1ccc2ccccc2c1)C(c1ccccc1)c1ccccc1. The van der Waals surface area contributed by atoms with Crippen LogP contribution in [0, 0.1) is 6.42 Å². The van der Waals surface area contributed by atoms with Crippen LogP contribution in [0.15, 0.2) is 103 Å². The van der Waals surface area contributed by atoms with Gasteiger partial charge in [-0.05, 0) is 27.5 Å². The quantitative estimate of drug-likeness (QED) is 0.419. The van der Waals surface area contributed by atoms with Crippen LogP contribution in [-0.2, 0) is 0 Å². The minimum absolute atomic E-state index is 0.258. The largest absolute Gasteiger partial charge is 0.0622 e. The first-order valence-electron chi connectivity index (χ1n) is 8.34. The van der Waals surface area contributed by atoms with Gasteiger partial charge in [-0.3, -0.25) is 0 Å². The molecule has 0 aromatic heterocycles. The Labute approximate surface area is 143 Å². The van der Waals surface area contributed by atoms with Gasteiger partial charge in [0.2, 0.25) is 0 Å². The maximum atomic E-state index is 2.36. The highest BCUT2D eigenvalue weighted by Crippen LogP contribution is 2.31. The zero-order chi connectivity index (χ0) is 16.2. The Morgan fingerprint density at radius 3 is 1.67 bits per heavy atom. The van der Waals surface area contributed by atoms with E-state index < -0.39 is 0 Å². The molecule has 1 radical (unpaired) electrons. The van der Waals surface area contributed by atoms with E-state index in [1.165, 1.54) is 27.5 Å². The van der Waals surface area contributed by atoms with Crippen LogP contribution in [0.1, 0.15) is 22.6 Å². The highest BCUT2D eigenvalue weighted by Gasteiger charge is 2.15. The molecular formula is C24H19. The molecule has 0 bridgehead atoms. The van der Waals surface area contributed by atoms with Crippen LogP contribution in [0.25, 0.3) is 10.8 Å². The Kier molecular flexibility index (Phi) is 4.12. The van der Waals surface area contributed by atoms with E-state index in [-0.39, 0.29) is 5.92 Å². The molecular weight excluding hydrogens is 288 g/mol. The van der Waals surface area contributed by atoms with E-state index in [1.807, 2.05) is 0 Å². The lowest BCUT2D eigenvalue weighted by molar-refractivity contribution is 0.959. The molecule has 0 nitrogen and oxygen atoms in total. The molecule has 0 N–H and O–H groups in total. The smallest absolute Gasteiger partial charge is 0.0164 e. The van der Waals surface area contributed by atoms with Crippen molar-refractivity contribution >= 4 is 10.8 Å². The average Bonchev–Trinajstić information content (AvgIpc) is 2.67. The van der Waals surface area contributed by atoms with Crippen molar-refractivity contribution in [2.24, 2.45) is 0 Å². The molecule has 0 unspecified atom stereocenters. The lowest BCUT2D eigenvalue weighted by Crippen LogP contribution is -2.03. The Morgan fingerprint density at radius 1 is 0.500 bits per heavy atom. The maximum absolute atomic E-state index is 2.36. The molecule has 0 aliphatic heterocycles. The van der Waals surface area contributed by atoms with Gasteiger partial charge in [0.1, 0.15) is 0 Å². The summed E-state index contributed by atoms with van der Waals surface area (Å²) in [5.41, 5.74) is 3.89. The first-order chi connectivity index (χ1) is 11.9. The molecule has 0 aliphatic carbocycles. The molecule has 4 aromatic rings. The van der Waals surface area contributed by atoms with Crippen LogP contribution in [0.2, 0.25) is 0 Å². The second-order valence-electron chi connectivity index (χ2n) is 6.07. The molecule has 0 heteroatoms. The topological polar surface area (TPSA) is 0 Å². The van der Waals surface area contributed by atoms with Gasteiger partial charge in [0.05, 0.1) is 0 Å². The van der Waals surface area contributed by atoms with E-state index in [0.29, 0.717) is 0 Å². The van der Waals surface area contributed by atoms with E-state index >= 15 is 0 Å². The molecule has 4 aromatic carbocycles. The molecule has 0 saturated carbocycles. The van der Waals surface area contributed by atoms with Gasteiger partial charge < -0.3 is 0 Å². The summed E-state index contributed by atoms with van der Waals surface area (Å²) in [5, 5.41) is 2.57. The molecule has 0 fully saturated rings. The summed E-state index contributed by atoms with van der Waals surface area (Å²) < 4.78 is 0. The van der Waals surface area contributed by atoms with Crippen LogP contribution in [0.3, 0.4) is 0 Å². The molecule has 0 heterocycles. The summed E-state index contributed by atoms with van der Waals surface area (Å²) in [4.78, 5) is 0. The normalized spacial score (nSPS) is 11.0. The summed E-state index contributed by atoms with van der Waals surface area (Å²) in [6.45, 7) is 0. The summed E-state index contributed by atoms with van der Waals surface area (Å²) in [7, 11) is 0. The van der Waals surface area contributed by atoms with Crippen molar-refractivity contribution < 1.29 is 0 Å². The first kappa shape index (κ1) is 14.7. The first-order valence-corrected chi connectivity index (χ1v) is 8.34. The van der Waals surface area contributed by atoms with E-state index in [2.05, 4.69) is 110 Å². The lowest BCUT2D eigenvalue weighted by atomic mass is 9.85. The minimum atomic E-state index is 0.258. The Morgan fingerprint density at radius 2 is 1.04 bits per heavy atom. The zero-order valence-corrected chi connectivity index (χ0v) is 13.5. The van der Waals surface area contributed by atoms with Crippen molar-refractivity contribution in [2.75, 3.05) is 0 Å². The fourth-order valence-electron chi connectivity index (χ4n) is 3.21. The van der Waals surface area contributed by atoms with Crippen molar-refractivity contribution in [2.45, 2.75) is 5.92 Å². The lowest BCUT2D eigenvalue weighted by Gasteiger charge is -2.18. The minimum Gasteiger partial charge on any atom is -0.0622 e. The van der Waals surface area contributed by atoms with Crippen LogP contribution >= 0.6 is 0 Å². The predicted molar refractivity (Wildman–Crippen MR) is 102 cm³/mol. The standard InChI is InChI=1S/C24H19/c1-3-10-21(11-4-1)24(22-12-5-2-6-13-22)18-19-15-16-20-9-7-8-14-23(20)17-19/h1-18,24H. The Hall–Kier alpha value is -2.86. The fraction of sp³-hybridized carbons (Fsp3) is 0.0417. The third-order valence-corrected chi connectivity index (χ3v) is 4.45. The summed E-state index contributed by atoms with van der Waals surface area (Å²) in [6.07, 6.45) is 2.36. The van der Waals surface area contributed by atoms with Crippen LogP contribution < -0.4 is 0 Å². The number of hydrogen-bond acceptors (Lipinski definition) is 0. The summed E-state index contributed by atoms with van der Waals surface area (Å²) >= 11 is 0. The average molecular weight is 307 g/mol. The van der Waals surface area contributed by atoms with Crippen molar-refractivity contribution in [3.63, 3.8) is 0 Å². The summed E-state index contributed by atoms with van der Waals surface area (Å²) in [6, 6.07) is 36.6. The number of benzene rings is 4. The van der Waals surface area contributed by atoms with Gasteiger partial charge in [0, 0.05) is 12.3 Å². The second-order valence-corrected chi connectivity index (χ2v) is 6.07. The third kappa shape index (κ3) is 3.09. The number of rotatable bonds is 4. The van der Waals surface area contributed by atoms with E-state index in [1.54, 1.807) is 0 Å². The van der Waals surface area contributed by atoms with Crippen molar-refractivity contribution in [3.05, 3.63) is 126 Å². The van der Waals surface area contributed by atoms with Gasteiger partial charge >= 0.3 is 0 Å². The molecule has 115 valence electrons. The fourth-order valence-corrected chi connectivity index (χ4v) is 3.21. The van der Waals surface area contributed by atoms with Gasteiger partial charge in [-0.1, -0.05) is 103 Å². The predicted octanol–water partition coefficient (Wildman–Crippen LogP) is 6.22. The van der Waals surface area contributed by atoms with Crippen LogP contribution in [0.4, 0.5) is 0 Å². The third-order valence-electron chi connectivity index (χ3n) is 4.45. The molecule has 4 rings (SSSR count). The molecule has 24 heavy (non-hydrogen) atoms. The highest BCUT2D eigenvalue weighted by molar-refractivity contribution is 5.83. The summed E-state index contributed by atoms with van der Waals surface area (Å²) in [5.74, 6) is 0.258. The van der Waals surface area contributed by atoms with E-state index in [9.17, 15) is 0 Å². The van der Waals surface area contributed by atoms with Crippen molar-refractivity contribution in [3.8, 4) is 0 Å². The van der Waals surface area contributed by atoms with Crippen molar-refractivity contribution in [1.82, 2.24) is 0 Å². The molecule has 0 saturated heterocycles. The number of fused-ring (bicyclic) bond motifs is 1. The van der Waals surface area contributed by atoms with Crippen molar-refractivity contribution in [1.29, 1.82) is 0 Å². The number of hydrogen-bond donors (Lipinski definition) is 0. The van der Waals surface area contributed by atoms with Gasteiger partial charge in [-0.15, -0.1) is 0 Å². The molecule has 0 aliphatic rings. The molecule has 0 amide bonds. The van der Waals surface area contributed by atoms with Crippen LogP contribution in [0.5, 0.6) is 0 Å². The second kappa shape index (κ2) is 6.72. The van der Waals surface area contributed by atoms with Gasteiger partial charge in [0.25, 0.3) is 0 Å². The zero-order valence-electron chi connectivity index (χ0n) is 13.5. The molecule has 0 atom stereocenters. The van der Waals surface area contributed by atoms with E-state index in [4.69, 9.17) is 0 Å². The Balaban J connectivity index is 1.73. The maximum Gasteiger partial charge on any atom is 0.0164 e. The highest BCUT2D eigenvalue weighted by atomic mass is 14.2. The van der Waals surface area contributed by atoms with Gasteiger partial charge in [-0.25, -0.2) is 0 Å². The van der Waals surface area contributed by atoms with E-state index in [0.717, 1.165) is 0 Å². The molecule has 0 spiro atoms. The van der Waals surface area contributed by atoms with Gasteiger partial charge in [-0.2, -0.15) is 0 Å². The van der Waals surface area contributed by atoms with Crippen LogP contribution in [-0.4, -0.2) is 0 Å². The Bertz CT molecular complexity index is 884.